The molecule has 0 aliphatic heterocycles. The first kappa shape index (κ1) is 11.9. The van der Waals surface area contributed by atoms with E-state index in [1.165, 1.54) is 24.6 Å². The molecule has 0 heterocycles. The van der Waals surface area contributed by atoms with Crippen LogP contribution < -0.4 is 0 Å². The van der Waals surface area contributed by atoms with Gasteiger partial charge in [-0.3, -0.25) is 0 Å². The lowest BCUT2D eigenvalue weighted by Gasteiger charge is -2.20. The molecule has 0 aliphatic carbocycles. The molecule has 0 amide bonds. The van der Waals surface area contributed by atoms with Gasteiger partial charge in [-0.05, 0) is 30.6 Å². The molecule has 0 spiro atoms. The van der Waals surface area contributed by atoms with Gasteiger partial charge < -0.3 is 0 Å². The smallest absolute Gasteiger partial charge is 0.0121 e. The van der Waals surface area contributed by atoms with Crippen molar-refractivity contribution in [2.24, 2.45) is 0 Å². The molecule has 0 rings (SSSR count). The van der Waals surface area contributed by atoms with E-state index in [0.29, 0.717) is 15.8 Å². The van der Waals surface area contributed by atoms with Crippen LogP contribution in [0.3, 0.4) is 0 Å². The second kappa shape index (κ2) is 7.51. The van der Waals surface area contributed by atoms with E-state index in [4.69, 9.17) is 0 Å². The zero-order chi connectivity index (χ0) is 8.69. The molecule has 0 aromatic heterocycles. The van der Waals surface area contributed by atoms with E-state index >= 15 is 0 Å². The van der Waals surface area contributed by atoms with Crippen LogP contribution in [0.1, 0.15) is 27.7 Å². The van der Waals surface area contributed by atoms with Gasteiger partial charge in [-0.2, -0.15) is 0 Å². The molecule has 0 saturated heterocycles. The summed E-state index contributed by atoms with van der Waals surface area (Å²) in [4.78, 5) is 0. The molecule has 11 heavy (non-hydrogen) atoms. The summed E-state index contributed by atoms with van der Waals surface area (Å²) in [6.45, 7) is 9.42. The van der Waals surface area contributed by atoms with Crippen LogP contribution in [0.15, 0.2) is 0 Å². The minimum absolute atomic E-state index is 0.422. The first-order chi connectivity index (χ1) is 5.28. The van der Waals surface area contributed by atoms with E-state index < -0.39 is 0 Å². The van der Waals surface area contributed by atoms with Gasteiger partial charge >= 0.3 is 0 Å². The molecule has 68 valence electrons. The molecule has 0 aromatic rings. The first-order valence-corrected chi connectivity index (χ1v) is 8.52. The van der Waals surface area contributed by atoms with Crippen LogP contribution in [0.2, 0.25) is 0 Å². The van der Waals surface area contributed by atoms with Crippen molar-refractivity contribution in [1.29, 1.82) is 0 Å². The average molecular weight is 192 g/mol. The molecule has 0 atom stereocenters. The summed E-state index contributed by atoms with van der Waals surface area (Å²) < 4.78 is 0. The molecule has 0 radical (unpaired) electrons. The predicted octanol–water partition coefficient (Wildman–Crippen LogP) is 3.99. The van der Waals surface area contributed by atoms with Crippen molar-refractivity contribution in [2.75, 3.05) is 30.6 Å². The molecule has 0 N–H and O–H groups in total. The van der Waals surface area contributed by atoms with Gasteiger partial charge in [0.25, 0.3) is 0 Å². The minimum atomic E-state index is 0.422. The molecule has 0 saturated carbocycles. The summed E-state index contributed by atoms with van der Waals surface area (Å²) >= 11 is 0. The Morgan fingerprint density at radius 3 is 1.09 bits per heavy atom. The third kappa shape index (κ3) is 5.15. The lowest BCUT2D eigenvalue weighted by Crippen LogP contribution is -1.92. The Morgan fingerprint density at radius 1 is 0.636 bits per heavy atom. The Morgan fingerprint density at radius 2 is 0.909 bits per heavy atom. The van der Waals surface area contributed by atoms with E-state index in [9.17, 15) is 0 Å². The van der Waals surface area contributed by atoms with Crippen molar-refractivity contribution < 1.29 is 0 Å². The Balaban J connectivity index is 3.58. The Hall–Kier alpha value is 0.860. The molecular weight excluding hydrogens is 170 g/mol. The van der Waals surface area contributed by atoms with Gasteiger partial charge in [0.15, 0.2) is 0 Å². The van der Waals surface area contributed by atoms with E-state index in [1.807, 2.05) is 0 Å². The minimum Gasteiger partial charge on any atom is -0.103 e. The molecule has 2 heteroatoms. The van der Waals surface area contributed by atoms with Crippen LogP contribution in [0, 0.1) is 0 Å². The fourth-order valence-corrected chi connectivity index (χ4v) is 7.49. The summed E-state index contributed by atoms with van der Waals surface area (Å²) in [5, 5.41) is 0. The van der Waals surface area contributed by atoms with Crippen molar-refractivity contribution in [3.8, 4) is 0 Å². The fourth-order valence-electron chi connectivity index (χ4n) is 1.13. The Labute approximate surface area is 74.7 Å². The highest BCUT2D eigenvalue weighted by Crippen LogP contribution is 2.49. The zero-order valence-electron chi connectivity index (χ0n) is 8.43. The summed E-state index contributed by atoms with van der Waals surface area (Å²) in [6.07, 6.45) is 5.80. The number of hydrogen-bond donors (Lipinski definition) is 0. The van der Waals surface area contributed by atoms with Gasteiger partial charge in [-0.1, -0.05) is 27.7 Å². The van der Waals surface area contributed by atoms with Crippen LogP contribution in [0.5, 0.6) is 0 Å². The van der Waals surface area contributed by atoms with Crippen LogP contribution in [0.25, 0.3) is 0 Å². The Kier molecular flexibility index (Phi) is 8.09. The zero-order valence-corrected chi connectivity index (χ0v) is 10.2. The maximum atomic E-state index is 2.36. The van der Waals surface area contributed by atoms with Crippen molar-refractivity contribution >= 4 is 15.8 Å². The maximum absolute atomic E-state index is 2.36. The topological polar surface area (TPSA) is 0 Å². The first-order valence-electron chi connectivity index (χ1n) is 4.73. The van der Waals surface area contributed by atoms with Crippen molar-refractivity contribution in [2.45, 2.75) is 27.7 Å². The van der Waals surface area contributed by atoms with Gasteiger partial charge in [0.1, 0.15) is 0 Å². The van der Waals surface area contributed by atoms with Crippen molar-refractivity contribution in [3.05, 3.63) is 0 Å². The standard InChI is InChI=1S/C9H22P2/c1-5-10(6-2)9-11(7-3)8-4/h5-9H2,1-4H3. The van der Waals surface area contributed by atoms with Crippen LogP contribution in [-0.2, 0) is 0 Å². The third-order valence-corrected chi connectivity index (χ3v) is 8.97. The predicted molar refractivity (Wildman–Crippen MR) is 60.9 cm³/mol. The van der Waals surface area contributed by atoms with E-state index in [0.717, 1.165) is 0 Å². The quantitative estimate of drug-likeness (QED) is 0.558. The normalized spacial score (nSPS) is 11.5. The van der Waals surface area contributed by atoms with Crippen LogP contribution >= 0.6 is 15.8 Å². The lowest BCUT2D eigenvalue weighted by molar-refractivity contribution is 1.38. The third-order valence-electron chi connectivity index (χ3n) is 2.19. The SMILES string of the molecule is CCP(CC)CP(CC)CC. The highest BCUT2D eigenvalue weighted by molar-refractivity contribution is 7.74. The highest BCUT2D eigenvalue weighted by atomic mass is 31.2. The van der Waals surface area contributed by atoms with Crippen LogP contribution in [-0.4, -0.2) is 30.6 Å². The van der Waals surface area contributed by atoms with Gasteiger partial charge in [0.2, 0.25) is 0 Å². The second-order valence-electron chi connectivity index (χ2n) is 2.75. The van der Waals surface area contributed by atoms with Crippen molar-refractivity contribution in [1.82, 2.24) is 0 Å². The molecule has 0 nitrogen and oxygen atoms in total. The number of hydrogen-bond acceptors (Lipinski definition) is 0. The average Bonchev–Trinajstić information content (AvgIpc) is 2.07. The van der Waals surface area contributed by atoms with Crippen LogP contribution in [0.4, 0.5) is 0 Å². The maximum Gasteiger partial charge on any atom is -0.0121 e. The molecule has 0 unspecified atom stereocenters. The molecular formula is C9H22P2. The number of rotatable bonds is 6. The summed E-state index contributed by atoms with van der Waals surface area (Å²) in [7, 11) is 0.843. The Bertz CT molecular complexity index is 65.6. The fraction of sp³-hybridized carbons (Fsp3) is 1.00. The molecule has 0 fully saturated rings. The monoisotopic (exact) mass is 192 g/mol. The van der Waals surface area contributed by atoms with E-state index in [-0.39, 0.29) is 0 Å². The summed E-state index contributed by atoms with van der Waals surface area (Å²) in [6, 6.07) is 0. The molecule has 0 aliphatic rings. The van der Waals surface area contributed by atoms with Gasteiger partial charge in [-0.25, -0.2) is 0 Å². The van der Waals surface area contributed by atoms with Crippen molar-refractivity contribution in [3.63, 3.8) is 0 Å². The van der Waals surface area contributed by atoms with E-state index in [1.54, 1.807) is 5.90 Å². The largest absolute Gasteiger partial charge is 0.103 e. The van der Waals surface area contributed by atoms with Gasteiger partial charge in [0.05, 0.1) is 0 Å². The van der Waals surface area contributed by atoms with E-state index in [2.05, 4.69) is 27.7 Å². The molecule has 0 bridgehead atoms. The summed E-state index contributed by atoms with van der Waals surface area (Å²) in [5.41, 5.74) is 0. The van der Waals surface area contributed by atoms with Gasteiger partial charge in [0, 0.05) is 0 Å². The second-order valence-corrected chi connectivity index (χ2v) is 9.09. The van der Waals surface area contributed by atoms with Gasteiger partial charge in [-0.15, -0.1) is 15.8 Å². The molecule has 0 aromatic carbocycles. The lowest BCUT2D eigenvalue weighted by atomic mass is 11.0. The summed E-state index contributed by atoms with van der Waals surface area (Å²) in [5.74, 6) is 1.59. The highest BCUT2D eigenvalue weighted by Gasteiger charge is 2.08.